The fraction of sp³-hybridized carbons (Fsp3) is 0.238. The number of aryl methyl sites for hydroxylation is 1. The second kappa shape index (κ2) is 9.50. The van der Waals surface area contributed by atoms with E-state index in [4.69, 9.17) is 14.0 Å². The molecule has 0 aliphatic heterocycles. The Labute approximate surface area is 167 Å². The van der Waals surface area contributed by atoms with Gasteiger partial charge < -0.3 is 19.3 Å². The maximum Gasteiger partial charge on any atom is 0.307 e. The van der Waals surface area contributed by atoms with Crippen molar-refractivity contribution in [1.82, 2.24) is 10.1 Å². The van der Waals surface area contributed by atoms with Crippen LogP contribution in [0.3, 0.4) is 0 Å². The Hall–Kier alpha value is -3.68. The summed E-state index contributed by atoms with van der Waals surface area (Å²) in [6.45, 7) is 1.51. The van der Waals surface area contributed by atoms with Gasteiger partial charge in [0.1, 0.15) is 5.75 Å². The van der Waals surface area contributed by atoms with Gasteiger partial charge in [0.25, 0.3) is 5.91 Å². The molecule has 1 N–H and O–H groups in total. The number of carbonyl (C=O) groups excluding carboxylic acids is 2. The lowest BCUT2D eigenvalue weighted by Gasteiger charge is -2.13. The number of nitrogens with one attached hydrogen (secondary N) is 1. The second-order valence-corrected chi connectivity index (χ2v) is 6.23. The van der Waals surface area contributed by atoms with Crippen LogP contribution in [0, 0.1) is 0 Å². The third-order valence-corrected chi connectivity index (χ3v) is 4.08. The lowest BCUT2D eigenvalue weighted by Crippen LogP contribution is -2.30. The smallest absolute Gasteiger partial charge is 0.307 e. The number of anilines is 1. The van der Waals surface area contributed by atoms with Crippen molar-refractivity contribution in [3.63, 3.8) is 0 Å². The van der Waals surface area contributed by atoms with Crippen molar-refractivity contribution in [1.29, 1.82) is 0 Å². The molecule has 0 unspecified atom stereocenters. The lowest BCUT2D eigenvalue weighted by atomic mass is 10.2. The molecule has 150 valence electrons. The largest absolute Gasteiger partial charge is 0.497 e. The van der Waals surface area contributed by atoms with Crippen LogP contribution in [0.2, 0.25) is 0 Å². The van der Waals surface area contributed by atoms with Crippen LogP contribution >= 0.6 is 0 Å². The predicted molar refractivity (Wildman–Crippen MR) is 105 cm³/mol. The van der Waals surface area contributed by atoms with Gasteiger partial charge in [-0.1, -0.05) is 35.5 Å². The molecule has 2 aromatic carbocycles. The highest BCUT2D eigenvalue weighted by atomic mass is 16.5. The van der Waals surface area contributed by atoms with Gasteiger partial charge in [-0.2, -0.15) is 4.98 Å². The van der Waals surface area contributed by atoms with Crippen LogP contribution in [0.25, 0.3) is 11.4 Å². The second-order valence-electron chi connectivity index (χ2n) is 6.23. The molecule has 3 rings (SSSR count). The van der Waals surface area contributed by atoms with Crippen LogP contribution in [0.15, 0.2) is 59.1 Å². The maximum atomic E-state index is 12.2. The molecule has 8 nitrogen and oxygen atoms in total. The van der Waals surface area contributed by atoms with Gasteiger partial charge in [-0.25, -0.2) is 0 Å². The third kappa shape index (κ3) is 5.65. The van der Waals surface area contributed by atoms with Crippen LogP contribution in [0.5, 0.6) is 5.75 Å². The van der Waals surface area contributed by atoms with Crippen molar-refractivity contribution in [2.75, 3.05) is 12.4 Å². The fourth-order valence-electron chi connectivity index (χ4n) is 2.50. The number of amides is 1. The monoisotopic (exact) mass is 395 g/mol. The summed E-state index contributed by atoms with van der Waals surface area (Å²) in [7, 11) is 1.56. The molecule has 0 bridgehead atoms. The Bertz CT molecular complexity index is 954. The summed E-state index contributed by atoms with van der Waals surface area (Å²) in [5.41, 5.74) is 1.41. The standard InChI is InChI=1S/C21H21N3O5/c1-14(21(26)22-16-8-10-17(27-2)11-9-16)28-19(25)13-12-18-23-20(24-29-18)15-6-4-3-5-7-15/h3-11,14H,12-13H2,1-2H3,(H,22,26)/t14-/m1/s1. The van der Waals surface area contributed by atoms with Gasteiger partial charge in [-0.3, -0.25) is 9.59 Å². The number of rotatable bonds is 8. The average molecular weight is 395 g/mol. The highest BCUT2D eigenvalue weighted by molar-refractivity contribution is 5.95. The number of ether oxygens (including phenoxy) is 2. The molecule has 0 aliphatic carbocycles. The normalized spacial score (nSPS) is 11.5. The van der Waals surface area contributed by atoms with Crippen molar-refractivity contribution in [3.8, 4) is 17.1 Å². The highest BCUT2D eigenvalue weighted by Crippen LogP contribution is 2.17. The molecule has 1 heterocycles. The van der Waals surface area contributed by atoms with Gasteiger partial charge in [-0.05, 0) is 31.2 Å². The summed E-state index contributed by atoms with van der Waals surface area (Å²) in [6.07, 6.45) is -0.686. The molecule has 0 fully saturated rings. The van der Waals surface area contributed by atoms with Crippen LogP contribution in [-0.4, -0.2) is 35.2 Å². The molecule has 1 amide bonds. The molecule has 1 atom stereocenters. The van der Waals surface area contributed by atoms with E-state index in [1.54, 1.807) is 31.4 Å². The summed E-state index contributed by atoms with van der Waals surface area (Å²) < 4.78 is 15.4. The molecule has 29 heavy (non-hydrogen) atoms. The first-order valence-electron chi connectivity index (χ1n) is 9.07. The molecule has 0 radical (unpaired) electrons. The Kier molecular flexibility index (Phi) is 6.57. The zero-order valence-corrected chi connectivity index (χ0v) is 16.1. The Balaban J connectivity index is 1.46. The van der Waals surface area contributed by atoms with E-state index < -0.39 is 18.0 Å². The van der Waals surface area contributed by atoms with E-state index in [9.17, 15) is 9.59 Å². The number of hydrogen-bond donors (Lipinski definition) is 1. The number of nitrogens with zero attached hydrogens (tertiary/aromatic N) is 2. The maximum absolute atomic E-state index is 12.2. The quantitative estimate of drug-likeness (QED) is 0.584. The van der Waals surface area contributed by atoms with Gasteiger partial charge >= 0.3 is 5.97 Å². The van der Waals surface area contributed by atoms with E-state index in [0.717, 1.165) is 5.56 Å². The highest BCUT2D eigenvalue weighted by Gasteiger charge is 2.19. The van der Waals surface area contributed by atoms with Crippen molar-refractivity contribution >= 4 is 17.6 Å². The van der Waals surface area contributed by atoms with E-state index in [-0.39, 0.29) is 12.8 Å². The summed E-state index contributed by atoms with van der Waals surface area (Å²) in [6, 6.07) is 16.2. The molecule has 0 spiro atoms. The van der Waals surface area contributed by atoms with Crippen molar-refractivity contribution < 1.29 is 23.6 Å². The van der Waals surface area contributed by atoms with Gasteiger partial charge in [0.15, 0.2) is 6.10 Å². The SMILES string of the molecule is COc1ccc(NC(=O)[C@@H](C)OC(=O)CCc2nc(-c3ccccc3)no2)cc1. The van der Waals surface area contributed by atoms with Crippen LogP contribution < -0.4 is 10.1 Å². The summed E-state index contributed by atoms with van der Waals surface area (Å²) in [4.78, 5) is 28.5. The topological polar surface area (TPSA) is 104 Å². The number of hydrogen-bond acceptors (Lipinski definition) is 7. The van der Waals surface area contributed by atoms with Crippen LogP contribution in [0.1, 0.15) is 19.2 Å². The first kappa shape index (κ1) is 20.1. The number of methoxy groups -OCH3 is 1. The minimum absolute atomic E-state index is 0.0244. The first-order chi connectivity index (χ1) is 14.0. The summed E-state index contributed by atoms with van der Waals surface area (Å²) in [5, 5.41) is 6.58. The molecule has 0 aliphatic rings. The number of carbonyl (C=O) groups is 2. The zero-order chi connectivity index (χ0) is 20.6. The lowest BCUT2D eigenvalue weighted by molar-refractivity contribution is -0.153. The van der Waals surface area contributed by atoms with Crippen molar-refractivity contribution in [2.24, 2.45) is 0 Å². The average Bonchev–Trinajstić information content (AvgIpc) is 3.22. The van der Waals surface area contributed by atoms with E-state index in [2.05, 4.69) is 15.5 Å². The van der Waals surface area contributed by atoms with E-state index in [1.807, 2.05) is 30.3 Å². The van der Waals surface area contributed by atoms with E-state index in [1.165, 1.54) is 6.92 Å². The van der Waals surface area contributed by atoms with Crippen LogP contribution in [0.4, 0.5) is 5.69 Å². The molecule has 0 saturated heterocycles. The van der Waals surface area contributed by atoms with E-state index in [0.29, 0.717) is 23.2 Å². The molecular weight excluding hydrogens is 374 g/mol. The van der Waals surface area contributed by atoms with Crippen molar-refractivity contribution in [3.05, 3.63) is 60.5 Å². The molecule has 3 aromatic rings. The zero-order valence-electron chi connectivity index (χ0n) is 16.1. The Morgan fingerprint density at radius 2 is 1.83 bits per heavy atom. The Morgan fingerprint density at radius 1 is 1.10 bits per heavy atom. The molecule has 0 saturated carbocycles. The van der Waals surface area contributed by atoms with Crippen molar-refractivity contribution in [2.45, 2.75) is 25.9 Å². The summed E-state index contributed by atoms with van der Waals surface area (Å²) in [5.74, 6) is 0.519. The Morgan fingerprint density at radius 3 is 2.52 bits per heavy atom. The van der Waals surface area contributed by atoms with E-state index >= 15 is 0 Å². The molecular formula is C21H21N3O5. The number of aromatic nitrogens is 2. The first-order valence-corrected chi connectivity index (χ1v) is 9.07. The third-order valence-electron chi connectivity index (χ3n) is 4.08. The summed E-state index contributed by atoms with van der Waals surface area (Å²) >= 11 is 0. The minimum atomic E-state index is -0.938. The van der Waals surface area contributed by atoms with Gasteiger partial charge in [0.2, 0.25) is 11.7 Å². The molecule has 1 aromatic heterocycles. The molecule has 8 heteroatoms. The minimum Gasteiger partial charge on any atom is -0.497 e. The van der Waals surface area contributed by atoms with Gasteiger partial charge in [0, 0.05) is 17.7 Å². The van der Waals surface area contributed by atoms with Gasteiger partial charge in [0.05, 0.1) is 13.5 Å². The van der Waals surface area contributed by atoms with Crippen LogP contribution in [-0.2, 0) is 20.7 Å². The number of benzene rings is 2. The number of esters is 1. The van der Waals surface area contributed by atoms with Gasteiger partial charge in [-0.15, -0.1) is 0 Å². The fourth-order valence-corrected chi connectivity index (χ4v) is 2.50. The predicted octanol–water partition coefficient (Wildman–Crippen LogP) is 3.25.